The van der Waals surface area contributed by atoms with E-state index >= 15 is 0 Å². The highest BCUT2D eigenvalue weighted by Crippen LogP contribution is 2.22. The first-order valence-electron chi connectivity index (χ1n) is 6.17. The monoisotopic (exact) mass is 230 g/mol. The Kier molecular flexibility index (Phi) is 4.00. The second-order valence-corrected chi connectivity index (χ2v) is 4.41. The molecule has 0 radical (unpaired) electrons. The normalized spacial score (nSPS) is 16.6. The van der Waals surface area contributed by atoms with E-state index in [1.54, 1.807) is 0 Å². The molecule has 1 aromatic heterocycles. The first-order chi connectivity index (χ1) is 8.33. The highest BCUT2D eigenvalue weighted by atomic mass is 16.1. The Hall–Kier alpha value is -1.53. The molecule has 0 unspecified atom stereocenters. The van der Waals surface area contributed by atoms with Gasteiger partial charge in [0, 0.05) is 25.1 Å². The molecular formula is C14H18N2O. The molecule has 1 aromatic rings. The van der Waals surface area contributed by atoms with Crippen LogP contribution in [0.1, 0.15) is 42.2 Å². The molecular weight excluding hydrogens is 212 g/mol. The van der Waals surface area contributed by atoms with E-state index in [0.29, 0.717) is 18.9 Å². The standard InChI is InChI=1S/C14H18N2O/c1-2-3-6-14(17)13-5-4-11-16(13)12-7-9-15-10-8-12/h1,4-5,11-12,15H,3,6-10H2. The third-order valence-electron chi connectivity index (χ3n) is 3.26. The van der Waals surface area contributed by atoms with Gasteiger partial charge in [0.1, 0.15) is 0 Å². The van der Waals surface area contributed by atoms with Crippen LogP contribution in [0.15, 0.2) is 18.3 Å². The minimum absolute atomic E-state index is 0.159. The molecule has 0 amide bonds. The number of hydrogen-bond acceptors (Lipinski definition) is 2. The maximum Gasteiger partial charge on any atom is 0.180 e. The van der Waals surface area contributed by atoms with Crippen molar-refractivity contribution < 1.29 is 4.79 Å². The molecule has 1 aliphatic heterocycles. The number of ketones is 1. The van der Waals surface area contributed by atoms with E-state index in [4.69, 9.17) is 6.42 Å². The zero-order valence-electron chi connectivity index (χ0n) is 9.98. The van der Waals surface area contributed by atoms with Gasteiger partial charge in [-0.2, -0.15) is 0 Å². The summed E-state index contributed by atoms with van der Waals surface area (Å²) in [6, 6.07) is 4.31. The van der Waals surface area contributed by atoms with E-state index in [2.05, 4.69) is 15.8 Å². The largest absolute Gasteiger partial charge is 0.342 e. The van der Waals surface area contributed by atoms with Crippen LogP contribution in [0, 0.1) is 12.3 Å². The van der Waals surface area contributed by atoms with Gasteiger partial charge < -0.3 is 9.88 Å². The number of carbonyl (C=O) groups excluding carboxylic acids is 1. The molecule has 90 valence electrons. The molecule has 1 N–H and O–H groups in total. The topological polar surface area (TPSA) is 34.0 Å². The fraction of sp³-hybridized carbons (Fsp3) is 0.500. The number of aromatic nitrogens is 1. The number of Topliss-reactive ketones (excluding diaryl/α,β-unsaturated/α-hetero) is 1. The van der Waals surface area contributed by atoms with Crippen LogP contribution in [0.5, 0.6) is 0 Å². The van der Waals surface area contributed by atoms with Crippen LogP contribution in [-0.4, -0.2) is 23.4 Å². The summed E-state index contributed by atoms with van der Waals surface area (Å²) in [5.74, 6) is 2.68. The summed E-state index contributed by atoms with van der Waals surface area (Å²) in [6.07, 6.45) is 10.4. The molecule has 3 nitrogen and oxygen atoms in total. The lowest BCUT2D eigenvalue weighted by atomic mass is 10.1. The molecule has 0 bridgehead atoms. The average Bonchev–Trinajstić information content (AvgIpc) is 2.86. The highest BCUT2D eigenvalue weighted by molar-refractivity contribution is 5.94. The first-order valence-corrected chi connectivity index (χ1v) is 6.17. The minimum atomic E-state index is 0.159. The van der Waals surface area contributed by atoms with Gasteiger partial charge in [-0.1, -0.05) is 0 Å². The van der Waals surface area contributed by atoms with Crippen LogP contribution < -0.4 is 5.32 Å². The highest BCUT2D eigenvalue weighted by Gasteiger charge is 2.19. The Balaban J connectivity index is 2.10. The van der Waals surface area contributed by atoms with Crippen molar-refractivity contribution >= 4 is 5.78 Å². The lowest BCUT2D eigenvalue weighted by Gasteiger charge is -2.25. The molecule has 1 fully saturated rings. The lowest BCUT2D eigenvalue weighted by Crippen LogP contribution is -2.30. The number of piperidine rings is 1. The Morgan fingerprint density at radius 1 is 1.53 bits per heavy atom. The molecule has 1 saturated heterocycles. The van der Waals surface area contributed by atoms with E-state index in [0.717, 1.165) is 31.6 Å². The maximum absolute atomic E-state index is 12.0. The molecule has 0 aliphatic carbocycles. The van der Waals surface area contributed by atoms with Gasteiger partial charge in [-0.3, -0.25) is 4.79 Å². The van der Waals surface area contributed by atoms with Crippen molar-refractivity contribution in [2.75, 3.05) is 13.1 Å². The SMILES string of the molecule is C#CCCC(=O)c1cccn1C1CCNCC1. The second kappa shape index (κ2) is 5.70. The Labute approximate surface area is 102 Å². The summed E-state index contributed by atoms with van der Waals surface area (Å²) in [6.45, 7) is 2.06. The molecule has 0 saturated carbocycles. The summed E-state index contributed by atoms with van der Waals surface area (Å²) < 4.78 is 2.12. The summed E-state index contributed by atoms with van der Waals surface area (Å²) in [5, 5.41) is 3.33. The molecule has 0 atom stereocenters. The van der Waals surface area contributed by atoms with Crippen molar-refractivity contribution in [2.24, 2.45) is 0 Å². The quantitative estimate of drug-likeness (QED) is 0.634. The smallest absolute Gasteiger partial charge is 0.180 e. The van der Waals surface area contributed by atoms with Crippen molar-refractivity contribution in [1.82, 2.24) is 9.88 Å². The summed E-state index contributed by atoms with van der Waals surface area (Å²) in [5.41, 5.74) is 0.812. The van der Waals surface area contributed by atoms with Crippen LogP contribution >= 0.6 is 0 Å². The van der Waals surface area contributed by atoms with Gasteiger partial charge in [-0.25, -0.2) is 0 Å². The lowest BCUT2D eigenvalue weighted by molar-refractivity contribution is 0.0972. The van der Waals surface area contributed by atoms with Gasteiger partial charge in [0.15, 0.2) is 5.78 Å². The predicted molar refractivity (Wildman–Crippen MR) is 68.0 cm³/mol. The summed E-state index contributed by atoms with van der Waals surface area (Å²) in [7, 11) is 0. The predicted octanol–water partition coefficient (Wildman–Crippen LogP) is 2.01. The van der Waals surface area contributed by atoms with E-state index in [1.807, 2.05) is 18.3 Å². The van der Waals surface area contributed by atoms with Crippen LogP contribution in [0.25, 0.3) is 0 Å². The number of carbonyl (C=O) groups is 1. The van der Waals surface area contributed by atoms with Crippen LogP contribution in [0.2, 0.25) is 0 Å². The number of hydrogen-bond donors (Lipinski definition) is 1. The van der Waals surface area contributed by atoms with Crippen molar-refractivity contribution in [2.45, 2.75) is 31.7 Å². The van der Waals surface area contributed by atoms with Gasteiger partial charge in [0.25, 0.3) is 0 Å². The van der Waals surface area contributed by atoms with Crippen LogP contribution in [0.4, 0.5) is 0 Å². The molecule has 17 heavy (non-hydrogen) atoms. The second-order valence-electron chi connectivity index (χ2n) is 4.41. The van der Waals surface area contributed by atoms with Gasteiger partial charge in [-0.15, -0.1) is 12.3 Å². The summed E-state index contributed by atoms with van der Waals surface area (Å²) >= 11 is 0. The molecule has 0 spiro atoms. The Morgan fingerprint density at radius 3 is 3.00 bits per heavy atom. The van der Waals surface area contributed by atoms with E-state index < -0.39 is 0 Å². The fourth-order valence-corrected chi connectivity index (χ4v) is 2.35. The van der Waals surface area contributed by atoms with E-state index in [-0.39, 0.29) is 5.78 Å². The minimum Gasteiger partial charge on any atom is -0.342 e. The number of nitrogens with one attached hydrogen (secondary N) is 1. The van der Waals surface area contributed by atoms with Crippen molar-refractivity contribution in [1.29, 1.82) is 0 Å². The van der Waals surface area contributed by atoms with Gasteiger partial charge in [0.2, 0.25) is 0 Å². The fourth-order valence-electron chi connectivity index (χ4n) is 2.35. The molecule has 2 rings (SSSR count). The number of terminal acetylenes is 1. The van der Waals surface area contributed by atoms with Crippen molar-refractivity contribution in [3.05, 3.63) is 24.0 Å². The number of rotatable bonds is 4. The Morgan fingerprint density at radius 2 is 2.29 bits per heavy atom. The van der Waals surface area contributed by atoms with Gasteiger partial charge in [-0.05, 0) is 38.1 Å². The van der Waals surface area contributed by atoms with Crippen molar-refractivity contribution in [3.8, 4) is 12.3 Å². The molecule has 1 aliphatic rings. The van der Waals surface area contributed by atoms with Crippen LogP contribution in [0.3, 0.4) is 0 Å². The molecule has 0 aromatic carbocycles. The maximum atomic E-state index is 12.0. The summed E-state index contributed by atoms with van der Waals surface area (Å²) in [4.78, 5) is 12.0. The third-order valence-corrected chi connectivity index (χ3v) is 3.26. The zero-order valence-corrected chi connectivity index (χ0v) is 9.98. The van der Waals surface area contributed by atoms with Gasteiger partial charge in [0.05, 0.1) is 5.69 Å². The Bertz CT molecular complexity index is 422. The zero-order chi connectivity index (χ0) is 12.1. The molecule has 2 heterocycles. The van der Waals surface area contributed by atoms with Crippen molar-refractivity contribution in [3.63, 3.8) is 0 Å². The molecule has 3 heteroatoms. The first kappa shape index (κ1) is 11.9. The van der Waals surface area contributed by atoms with E-state index in [1.165, 1.54) is 0 Å². The number of nitrogens with zero attached hydrogens (tertiary/aromatic N) is 1. The average molecular weight is 230 g/mol. The van der Waals surface area contributed by atoms with Gasteiger partial charge >= 0.3 is 0 Å². The van der Waals surface area contributed by atoms with Crippen LogP contribution in [-0.2, 0) is 0 Å². The van der Waals surface area contributed by atoms with E-state index in [9.17, 15) is 4.79 Å². The third kappa shape index (κ3) is 2.78.